The smallest absolute Gasteiger partial charge is 0.281 e. The van der Waals surface area contributed by atoms with Gasteiger partial charge in [-0.3, -0.25) is 0 Å². The fraction of sp³-hybridized carbons (Fsp3) is 0.273. The number of hydrogen-bond acceptors (Lipinski definition) is 0. The predicted octanol–water partition coefficient (Wildman–Crippen LogP) is 3.01. The van der Waals surface area contributed by atoms with Crippen LogP contribution in [0.15, 0.2) is 43.0 Å². The van der Waals surface area contributed by atoms with E-state index in [2.05, 4.69) is 6.58 Å². The summed E-state index contributed by atoms with van der Waals surface area (Å²) < 4.78 is 14.3. The molecule has 0 nitrogen and oxygen atoms in total. The first-order chi connectivity index (χ1) is 6.23. The zero-order chi connectivity index (χ0) is 9.73. The topological polar surface area (TPSA) is 0 Å². The fourth-order valence-corrected chi connectivity index (χ4v) is 3.61. The lowest BCUT2D eigenvalue weighted by atomic mass is 10.4. The lowest BCUT2D eigenvalue weighted by Gasteiger charge is -2.19. The number of hydrogen-bond donors (Lipinski definition) is 0. The average Bonchev–Trinajstić information content (AvgIpc) is 2.19. The summed E-state index contributed by atoms with van der Waals surface area (Å²) in [5, 5.41) is 0.886. The molecule has 0 bridgehead atoms. The summed E-state index contributed by atoms with van der Waals surface area (Å²) in [5.74, 6) is 0. The van der Waals surface area contributed by atoms with Crippen molar-refractivity contribution in [1.82, 2.24) is 0 Å². The summed E-state index contributed by atoms with van der Waals surface area (Å²) >= 11 is 0. The van der Waals surface area contributed by atoms with Crippen molar-refractivity contribution in [1.29, 1.82) is 0 Å². The molecule has 1 atom stereocenters. The van der Waals surface area contributed by atoms with E-state index in [9.17, 15) is 4.11 Å². The molecule has 0 heterocycles. The normalized spacial score (nSPS) is 14.9. The van der Waals surface area contributed by atoms with Gasteiger partial charge < -0.3 is 4.11 Å². The molecule has 0 aliphatic carbocycles. The lowest BCUT2D eigenvalue weighted by Crippen LogP contribution is -2.41. The largest absolute Gasteiger partial charge is 0.308 e. The Morgan fingerprint density at radius 1 is 1.38 bits per heavy atom. The van der Waals surface area contributed by atoms with Crippen LogP contribution in [0.5, 0.6) is 0 Å². The standard InChI is InChI=1S/C11H15FSi/c1-3-10-13(12,4-2)11-8-6-5-7-9-11/h3,5-9H,1,4,10H2,2H3. The van der Waals surface area contributed by atoms with Gasteiger partial charge in [0.25, 0.3) is 8.41 Å². The van der Waals surface area contributed by atoms with Crippen LogP contribution in [0.25, 0.3) is 0 Å². The predicted molar refractivity (Wildman–Crippen MR) is 58.4 cm³/mol. The van der Waals surface area contributed by atoms with E-state index in [4.69, 9.17) is 0 Å². The van der Waals surface area contributed by atoms with Gasteiger partial charge in [-0.25, -0.2) is 0 Å². The molecule has 2 heteroatoms. The fourth-order valence-electron chi connectivity index (χ4n) is 1.43. The van der Waals surface area contributed by atoms with Gasteiger partial charge in [0.1, 0.15) is 0 Å². The van der Waals surface area contributed by atoms with Crippen molar-refractivity contribution >= 4 is 13.6 Å². The minimum atomic E-state index is -2.72. The van der Waals surface area contributed by atoms with Crippen molar-refractivity contribution in [2.75, 3.05) is 0 Å². The van der Waals surface area contributed by atoms with E-state index >= 15 is 0 Å². The highest BCUT2D eigenvalue weighted by molar-refractivity contribution is 6.86. The number of allylic oxidation sites excluding steroid dienone is 1. The van der Waals surface area contributed by atoms with Crippen LogP contribution >= 0.6 is 0 Å². The molecular weight excluding hydrogens is 179 g/mol. The molecule has 0 aromatic heterocycles. The second kappa shape index (κ2) is 4.37. The average molecular weight is 194 g/mol. The molecule has 1 rings (SSSR count). The molecule has 0 saturated carbocycles. The van der Waals surface area contributed by atoms with E-state index in [0.29, 0.717) is 12.1 Å². The van der Waals surface area contributed by atoms with Crippen LogP contribution in [0.4, 0.5) is 4.11 Å². The molecule has 0 saturated heterocycles. The van der Waals surface area contributed by atoms with Gasteiger partial charge >= 0.3 is 0 Å². The van der Waals surface area contributed by atoms with Crippen molar-refractivity contribution in [3.8, 4) is 0 Å². The first-order valence-corrected chi connectivity index (χ1v) is 6.87. The highest BCUT2D eigenvalue weighted by Crippen LogP contribution is 2.17. The monoisotopic (exact) mass is 194 g/mol. The Hall–Kier alpha value is -0.893. The van der Waals surface area contributed by atoms with E-state index in [1.807, 2.05) is 37.3 Å². The van der Waals surface area contributed by atoms with Crippen molar-refractivity contribution in [2.24, 2.45) is 0 Å². The molecule has 1 aromatic rings. The van der Waals surface area contributed by atoms with E-state index in [1.165, 1.54) is 0 Å². The Bertz CT molecular complexity index is 271. The molecule has 1 aromatic carbocycles. The molecule has 0 aliphatic heterocycles. The van der Waals surface area contributed by atoms with Crippen LogP contribution in [0.2, 0.25) is 12.1 Å². The van der Waals surface area contributed by atoms with Gasteiger partial charge in [0.05, 0.1) is 0 Å². The van der Waals surface area contributed by atoms with Crippen molar-refractivity contribution in [2.45, 2.75) is 19.0 Å². The molecule has 70 valence electrons. The first-order valence-electron chi connectivity index (χ1n) is 4.58. The van der Waals surface area contributed by atoms with Crippen LogP contribution in [0.1, 0.15) is 6.92 Å². The van der Waals surface area contributed by atoms with Crippen LogP contribution in [-0.4, -0.2) is 8.41 Å². The number of rotatable bonds is 4. The lowest BCUT2D eigenvalue weighted by molar-refractivity contribution is 0.792. The summed E-state index contributed by atoms with van der Waals surface area (Å²) in [6, 6.07) is 10.6. The second-order valence-corrected chi connectivity index (χ2v) is 6.80. The van der Waals surface area contributed by atoms with E-state index in [-0.39, 0.29) is 0 Å². The van der Waals surface area contributed by atoms with Gasteiger partial charge in [0, 0.05) is 0 Å². The third kappa shape index (κ3) is 2.28. The summed E-state index contributed by atoms with van der Waals surface area (Å²) in [5.41, 5.74) is 0. The van der Waals surface area contributed by atoms with Crippen molar-refractivity contribution < 1.29 is 4.11 Å². The third-order valence-corrected chi connectivity index (χ3v) is 5.74. The summed E-state index contributed by atoms with van der Waals surface area (Å²) in [4.78, 5) is 0. The van der Waals surface area contributed by atoms with Crippen LogP contribution < -0.4 is 5.19 Å². The van der Waals surface area contributed by atoms with E-state index in [0.717, 1.165) is 5.19 Å². The Labute approximate surface area is 80.3 Å². The zero-order valence-electron chi connectivity index (χ0n) is 7.96. The molecule has 1 unspecified atom stereocenters. The Balaban J connectivity index is 2.95. The maximum absolute atomic E-state index is 14.3. The summed E-state index contributed by atoms with van der Waals surface area (Å²) in [6.07, 6.45) is 1.70. The molecular formula is C11H15FSi. The number of halogens is 1. The highest BCUT2D eigenvalue weighted by Gasteiger charge is 2.32. The SMILES string of the molecule is C=CC[Si](F)(CC)c1ccccc1. The van der Waals surface area contributed by atoms with Crippen LogP contribution in [0, 0.1) is 0 Å². The Morgan fingerprint density at radius 2 is 2.00 bits per heavy atom. The van der Waals surface area contributed by atoms with E-state index < -0.39 is 8.41 Å². The molecule has 13 heavy (non-hydrogen) atoms. The van der Waals surface area contributed by atoms with Gasteiger partial charge in [0.15, 0.2) is 0 Å². The first kappa shape index (κ1) is 10.2. The van der Waals surface area contributed by atoms with Crippen LogP contribution in [-0.2, 0) is 0 Å². The molecule has 0 spiro atoms. The maximum atomic E-state index is 14.3. The van der Waals surface area contributed by atoms with Gasteiger partial charge in [-0.05, 0) is 17.3 Å². The second-order valence-electron chi connectivity index (χ2n) is 3.18. The summed E-state index contributed by atoms with van der Waals surface area (Å²) in [7, 11) is -2.72. The molecule has 0 radical (unpaired) electrons. The maximum Gasteiger partial charge on any atom is 0.281 e. The van der Waals surface area contributed by atoms with Gasteiger partial charge in [-0.2, -0.15) is 0 Å². The van der Waals surface area contributed by atoms with Crippen LogP contribution in [0.3, 0.4) is 0 Å². The van der Waals surface area contributed by atoms with E-state index in [1.54, 1.807) is 6.08 Å². The Kier molecular flexibility index (Phi) is 3.43. The van der Waals surface area contributed by atoms with Gasteiger partial charge in [-0.1, -0.05) is 43.3 Å². The van der Waals surface area contributed by atoms with Gasteiger partial charge in [0.2, 0.25) is 0 Å². The van der Waals surface area contributed by atoms with Crippen molar-refractivity contribution in [3.63, 3.8) is 0 Å². The number of benzene rings is 1. The zero-order valence-corrected chi connectivity index (χ0v) is 8.96. The molecule has 0 fully saturated rings. The van der Waals surface area contributed by atoms with Crippen molar-refractivity contribution in [3.05, 3.63) is 43.0 Å². The molecule has 0 amide bonds. The third-order valence-electron chi connectivity index (χ3n) is 2.32. The Morgan fingerprint density at radius 3 is 2.46 bits per heavy atom. The quantitative estimate of drug-likeness (QED) is 0.393. The summed E-state index contributed by atoms with van der Waals surface area (Å²) in [6.45, 7) is 5.53. The molecule has 0 N–H and O–H groups in total. The van der Waals surface area contributed by atoms with Gasteiger partial charge in [-0.15, -0.1) is 6.58 Å². The highest BCUT2D eigenvalue weighted by atomic mass is 28.4. The molecule has 0 aliphatic rings. The minimum absolute atomic E-state index is 0.521. The minimum Gasteiger partial charge on any atom is -0.308 e.